The Morgan fingerprint density at radius 3 is 2.39 bits per heavy atom. The highest BCUT2D eigenvalue weighted by molar-refractivity contribution is 7.92. The molecule has 9 heteroatoms. The van der Waals surface area contributed by atoms with Crippen LogP contribution in [0.5, 0.6) is 11.5 Å². The Hall–Kier alpha value is -2.00. The molecule has 0 aromatic heterocycles. The molecule has 0 aliphatic carbocycles. The molecule has 0 spiro atoms. The number of ether oxygens (including phenoxy) is 2. The lowest BCUT2D eigenvalue weighted by Gasteiger charge is -2.15. The molecule has 0 fully saturated rings. The second-order valence-electron chi connectivity index (χ2n) is 4.85. The molecule has 3 N–H and O–H groups in total. The largest absolute Gasteiger partial charge is 0.493 e. The summed E-state index contributed by atoms with van der Waals surface area (Å²) in [6.45, 7) is 1.29. The highest BCUT2D eigenvalue weighted by atomic mass is 32.2. The first-order valence-electron chi connectivity index (χ1n) is 6.99. The number of hydrogen-bond acceptors (Lipinski definition) is 6. The number of sulfonamides is 1. The van der Waals surface area contributed by atoms with Crippen LogP contribution in [0.15, 0.2) is 12.1 Å². The molecule has 1 aromatic rings. The summed E-state index contributed by atoms with van der Waals surface area (Å²) in [6.07, 6.45) is 1.80. The summed E-state index contributed by atoms with van der Waals surface area (Å²) in [5, 5.41) is 5.74. The maximum atomic E-state index is 12.2. The van der Waals surface area contributed by atoms with Gasteiger partial charge in [0.1, 0.15) is 0 Å². The predicted octanol–water partition coefficient (Wildman–Crippen LogP) is 0.415. The third-order valence-corrected chi connectivity index (χ3v) is 3.52. The van der Waals surface area contributed by atoms with E-state index in [1.165, 1.54) is 26.4 Å². The third-order valence-electron chi connectivity index (χ3n) is 2.93. The average molecular weight is 345 g/mol. The molecule has 8 nitrogen and oxygen atoms in total. The topological polar surface area (TPSA) is 106 Å². The van der Waals surface area contributed by atoms with E-state index in [9.17, 15) is 13.2 Å². The molecule has 0 atom stereocenters. The zero-order valence-electron chi connectivity index (χ0n) is 13.7. The highest BCUT2D eigenvalue weighted by Crippen LogP contribution is 2.37. The quantitative estimate of drug-likeness (QED) is 0.560. The zero-order valence-corrected chi connectivity index (χ0v) is 14.5. The normalized spacial score (nSPS) is 11.0. The van der Waals surface area contributed by atoms with E-state index in [2.05, 4.69) is 15.4 Å². The van der Waals surface area contributed by atoms with Crippen LogP contribution < -0.4 is 24.8 Å². The molecular formula is C14H23N3O5S. The van der Waals surface area contributed by atoms with Crippen LogP contribution in [0.2, 0.25) is 0 Å². The first-order chi connectivity index (χ1) is 10.8. The van der Waals surface area contributed by atoms with Crippen LogP contribution in [0.1, 0.15) is 16.8 Å². The number of anilines is 1. The second-order valence-corrected chi connectivity index (χ2v) is 6.60. The molecule has 0 heterocycles. The second kappa shape index (κ2) is 8.59. The van der Waals surface area contributed by atoms with Gasteiger partial charge in [-0.25, -0.2) is 8.42 Å². The molecule has 0 radical (unpaired) electrons. The van der Waals surface area contributed by atoms with Crippen molar-refractivity contribution < 1.29 is 22.7 Å². The fourth-order valence-corrected chi connectivity index (χ4v) is 2.49. The minimum Gasteiger partial charge on any atom is -0.493 e. The summed E-state index contributed by atoms with van der Waals surface area (Å²) in [5.74, 6) is 0.157. The molecule has 130 valence electrons. The van der Waals surface area contributed by atoms with E-state index < -0.39 is 10.0 Å². The lowest BCUT2D eigenvalue weighted by atomic mass is 10.1. The minimum atomic E-state index is -3.53. The van der Waals surface area contributed by atoms with Crippen molar-refractivity contribution in [2.24, 2.45) is 0 Å². The molecule has 1 amide bonds. The summed E-state index contributed by atoms with van der Waals surface area (Å²) >= 11 is 0. The first kappa shape index (κ1) is 19.0. The molecule has 1 aromatic carbocycles. The van der Waals surface area contributed by atoms with Crippen LogP contribution in [0.4, 0.5) is 5.69 Å². The van der Waals surface area contributed by atoms with Crippen LogP contribution in [-0.2, 0) is 10.0 Å². The number of methoxy groups -OCH3 is 2. The lowest BCUT2D eigenvalue weighted by molar-refractivity contribution is 0.0953. The monoisotopic (exact) mass is 345 g/mol. The maximum Gasteiger partial charge on any atom is 0.251 e. The van der Waals surface area contributed by atoms with E-state index in [4.69, 9.17) is 9.47 Å². The van der Waals surface area contributed by atoms with E-state index >= 15 is 0 Å². The van der Waals surface area contributed by atoms with Gasteiger partial charge in [-0.2, -0.15) is 0 Å². The summed E-state index contributed by atoms with van der Waals surface area (Å²) < 4.78 is 35.6. The number of carbonyl (C=O) groups excluding carboxylic acids is 1. The Labute approximate surface area is 136 Å². The summed E-state index contributed by atoms with van der Waals surface area (Å²) in [4.78, 5) is 12.2. The van der Waals surface area contributed by atoms with Crippen molar-refractivity contribution in [3.05, 3.63) is 17.7 Å². The zero-order chi connectivity index (χ0) is 17.5. The molecule has 0 aliphatic rings. The van der Waals surface area contributed by atoms with Gasteiger partial charge in [0.05, 0.1) is 26.2 Å². The van der Waals surface area contributed by atoms with Crippen LogP contribution in [0.3, 0.4) is 0 Å². The standard InChI is InChI=1S/C14H23N3O5S/c1-15-6-5-7-16-14(18)10-8-11(17-23(4,19)20)13(22-3)12(9-10)21-2/h8-9,15,17H,5-7H2,1-4H3,(H,16,18). The Balaban J connectivity index is 3.08. The molecule has 1 rings (SSSR count). The van der Waals surface area contributed by atoms with E-state index in [-0.39, 0.29) is 28.7 Å². The Morgan fingerprint density at radius 1 is 1.17 bits per heavy atom. The van der Waals surface area contributed by atoms with Crippen LogP contribution >= 0.6 is 0 Å². The van der Waals surface area contributed by atoms with Crippen LogP contribution in [0.25, 0.3) is 0 Å². The molecule has 0 saturated heterocycles. The van der Waals surface area contributed by atoms with Crippen molar-refractivity contribution >= 4 is 21.6 Å². The van der Waals surface area contributed by atoms with Crippen molar-refractivity contribution in [3.8, 4) is 11.5 Å². The van der Waals surface area contributed by atoms with Crippen molar-refractivity contribution in [1.29, 1.82) is 0 Å². The smallest absolute Gasteiger partial charge is 0.251 e. The van der Waals surface area contributed by atoms with Gasteiger partial charge in [0.25, 0.3) is 5.91 Å². The SMILES string of the molecule is CNCCCNC(=O)c1cc(NS(C)(=O)=O)c(OC)c(OC)c1. The third kappa shape index (κ3) is 5.95. The van der Waals surface area contributed by atoms with Crippen molar-refractivity contribution in [3.63, 3.8) is 0 Å². The van der Waals surface area contributed by atoms with Gasteiger partial charge in [-0.1, -0.05) is 0 Å². The Morgan fingerprint density at radius 2 is 1.87 bits per heavy atom. The Kier molecular flexibility index (Phi) is 7.11. The van der Waals surface area contributed by atoms with Gasteiger partial charge in [0.2, 0.25) is 10.0 Å². The van der Waals surface area contributed by atoms with E-state index in [0.717, 1.165) is 19.2 Å². The van der Waals surface area contributed by atoms with Gasteiger partial charge in [-0.3, -0.25) is 9.52 Å². The number of rotatable bonds is 9. The van der Waals surface area contributed by atoms with Crippen molar-refractivity contribution in [1.82, 2.24) is 10.6 Å². The van der Waals surface area contributed by atoms with Gasteiger partial charge in [-0.05, 0) is 32.1 Å². The molecular weight excluding hydrogens is 322 g/mol. The molecule has 0 unspecified atom stereocenters. The Bertz CT molecular complexity index is 646. The molecule has 0 bridgehead atoms. The van der Waals surface area contributed by atoms with Crippen molar-refractivity contribution in [2.45, 2.75) is 6.42 Å². The summed E-state index contributed by atoms with van der Waals surface area (Å²) in [7, 11) is 1.11. The highest BCUT2D eigenvalue weighted by Gasteiger charge is 2.18. The summed E-state index contributed by atoms with van der Waals surface area (Å²) in [6, 6.07) is 2.91. The summed E-state index contributed by atoms with van der Waals surface area (Å²) in [5.41, 5.74) is 0.424. The van der Waals surface area contributed by atoms with E-state index in [0.29, 0.717) is 6.54 Å². The number of amides is 1. The first-order valence-corrected chi connectivity index (χ1v) is 8.88. The van der Waals surface area contributed by atoms with Crippen molar-refractivity contribution in [2.75, 3.05) is 45.3 Å². The maximum absolute atomic E-state index is 12.2. The van der Waals surface area contributed by atoms with Gasteiger partial charge < -0.3 is 20.1 Å². The minimum absolute atomic E-state index is 0.148. The molecule has 23 heavy (non-hydrogen) atoms. The van der Waals surface area contributed by atoms with E-state index in [1.807, 2.05) is 7.05 Å². The number of hydrogen-bond donors (Lipinski definition) is 3. The van der Waals surface area contributed by atoms with Gasteiger partial charge in [-0.15, -0.1) is 0 Å². The van der Waals surface area contributed by atoms with E-state index in [1.54, 1.807) is 0 Å². The van der Waals surface area contributed by atoms with Gasteiger partial charge in [0, 0.05) is 12.1 Å². The number of carbonyl (C=O) groups is 1. The van der Waals surface area contributed by atoms with Gasteiger partial charge >= 0.3 is 0 Å². The molecule has 0 saturated carbocycles. The predicted molar refractivity (Wildman–Crippen MR) is 88.9 cm³/mol. The van der Waals surface area contributed by atoms with Gasteiger partial charge in [0.15, 0.2) is 11.5 Å². The van der Waals surface area contributed by atoms with Crippen LogP contribution in [0, 0.1) is 0 Å². The average Bonchev–Trinajstić information content (AvgIpc) is 2.48. The lowest BCUT2D eigenvalue weighted by Crippen LogP contribution is -2.26. The number of nitrogens with one attached hydrogen (secondary N) is 3. The molecule has 0 aliphatic heterocycles. The number of benzene rings is 1. The fourth-order valence-electron chi connectivity index (χ4n) is 1.94. The van der Waals surface area contributed by atoms with Crippen LogP contribution in [-0.4, -0.2) is 54.9 Å². The fraction of sp³-hybridized carbons (Fsp3) is 0.500.